The third kappa shape index (κ3) is 6.33. The van der Waals surface area contributed by atoms with Crippen molar-refractivity contribution in [2.75, 3.05) is 17.3 Å². The van der Waals surface area contributed by atoms with E-state index < -0.39 is 30.5 Å². The van der Waals surface area contributed by atoms with Gasteiger partial charge < -0.3 is 9.30 Å². The van der Waals surface area contributed by atoms with Crippen molar-refractivity contribution < 1.29 is 23.0 Å². The van der Waals surface area contributed by atoms with E-state index in [1.54, 1.807) is 35.9 Å². The number of rotatable bonds is 11. The zero-order valence-electron chi connectivity index (χ0n) is 20.8. The Bertz CT molecular complexity index is 1720. The van der Waals surface area contributed by atoms with Crippen LogP contribution < -0.4 is 14.9 Å². The summed E-state index contributed by atoms with van der Waals surface area (Å²) >= 11 is 1.07. The van der Waals surface area contributed by atoms with Crippen LogP contribution >= 0.6 is 11.8 Å². The Balaban J connectivity index is 1.62. The molecule has 0 aliphatic rings. The predicted octanol–water partition coefficient (Wildman–Crippen LogP) is 4.04. The number of non-ortho nitro benzene ring substituents is 1. The number of nitrogens with zero attached hydrogens (tertiary/aromatic N) is 6. The molecule has 0 radical (unpaired) electrons. The van der Waals surface area contributed by atoms with Gasteiger partial charge in [-0.3, -0.25) is 30.4 Å². The smallest absolute Gasteiger partial charge is 0.283 e. The van der Waals surface area contributed by atoms with Crippen LogP contribution in [-0.2, 0) is 17.1 Å². The Hall–Kier alpha value is -5.03. The second kappa shape index (κ2) is 11.8. The molecule has 0 fully saturated rings. The van der Waals surface area contributed by atoms with E-state index in [1.807, 2.05) is 0 Å². The van der Waals surface area contributed by atoms with Crippen LogP contribution in [0.2, 0.25) is 0 Å². The van der Waals surface area contributed by atoms with Crippen LogP contribution in [0.5, 0.6) is 5.75 Å². The molecule has 2 N–H and O–H groups in total. The van der Waals surface area contributed by atoms with E-state index in [4.69, 9.17) is 4.74 Å². The number of hydrogen-bond acceptors (Lipinski definition) is 12. The number of sulfonamides is 1. The lowest BCUT2D eigenvalue weighted by atomic mass is 10.2. The van der Waals surface area contributed by atoms with Crippen LogP contribution in [0.4, 0.5) is 22.7 Å². The Kier molecular flexibility index (Phi) is 8.25. The topological polar surface area (TPSA) is 197 Å². The van der Waals surface area contributed by atoms with Crippen molar-refractivity contribution in [3.8, 4) is 5.75 Å². The molecule has 17 heteroatoms. The van der Waals surface area contributed by atoms with Crippen molar-refractivity contribution >= 4 is 50.7 Å². The van der Waals surface area contributed by atoms with E-state index in [-0.39, 0.29) is 22.8 Å². The zero-order valence-corrected chi connectivity index (χ0v) is 22.4. The summed E-state index contributed by atoms with van der Waals surface area (Å²) in [6.07, 6.45) is 2.72. The number of anilines is 2. The number of benzene rings is 3. The number of aryl methyl sites for hydroxylation is 1. The fourth-order valence-corrected chi connectivity index (χ4v) is 5.45. The summed E-state index contributed by atoms with van der Waals surface area (Å²) in [7, 11) is -1.28. The summed E-state index contributed by atoms with van der Waals surface area (Å²) in [6, 6.07) is 13.8. The van der Waals surface area contributed by atoms with Crippen molar-refractivity contribution in [3.05, 3.63) is 92.8 Å². The van der Waals surface area contributed by atoms with Gasteiger partial charge in [0.05, 0.1) is 39.4 Å². The average molecular weight is 585 g/mol. The summed E-state index contributed by atoms with van der Waals surface area (Å²) in [4.78, 5) is 21.6. The van der Waals surface area contributed by atoms with Crippen molar-refractivity contribution in [2.45, 2.75) is 14.9 Å². The minimum atomic E-state index is -4.36. The van der Waals surface area contributed by atoms with Gasteiger partial charge in [-0.15, -0.1) is 10.2 Å². The number of para-hydroxylation sites is 2. The van der Waals surface area contributed by atoms with E-state index in [0.29, 0.717) is 15.6 Å². The van der Waals surface area contributed by atoms with Gasteiger partial charge in [0.2, 0.25) is 0 Å². The molecule has 3 aromatic carbocycles. The first-order chi connectivity index (χ1) is 19.1. The van der Waals surface area contributed by atoms with Crippen LogP contribution in [0.25, 0.3) is 0 Å². The minimum Gasteiger partial charge on any atom is -0.495 e. The van der Waals surface area contributed by atoms with Gasteiger partial charge in [0.25, 0.3) is 21.4 Å². The van der Waals surface area contributed by atoms with Gasteiger partial charge in [-0.1, -0.05) is 18.2 Å². The standard InChI is InChI=1S/C23H20N8O7S2/c1-29-14-25-27-23(29)39-21-10-7-15(11-19(21)31(34)35)13-24-26-18-9-8-16(30(32)33)12-22(18)40(36,37)28-17-5-3-4-6-20(17)38-2/h3-14,26,28H,1-2H3/b24-13+. The number of nitrogens with one attached hydrogen (secondary N) is 2. The van der Waals surface area contributed by atoms with Gasteiger partial charge in [0, 0.05) is 30.8 Å². The van der Waals surface area contributed by atoms with Crippen LogP contribution in [0.3, 0.4) is 0 Å². The van der Waals surface area contributed by atoms with Gasteiger partial charge in [0.1, 0.15) is 17.0 Å². The van der Waals surface area contributed by atoms with Crippen molar-refractivity contribution in [1.29, 1.82) is 0 Å². The fraction of sp³-hybridized carbons (Fsp3) is 0.0870. The molecular weight excluding hydrogens is 564 g/mol. The summed E-state index contributed by atoms with van der Waals surface area (Å²) in [5, 5.41) is 35.1. The van der Waals surface area contributed by atoms with E-state index in [9.17, 15) is 28.6 Å². The first-order valence-corrected chi connectivity index (χ1v) is 13.4. The highest BCUT2D eigenvalue weighted by atomic mass is 32.2. The van der Waals surface area contributed by atoms with E-state index in [2.05, 4.69) is 25.4 Å². The molecule has 4 rings (SSSR count). The molecule has 1 heterocycles. The molecule has 0 saturated heterocycles. The number of ether oxygens (including phenoxy) is 1. The van der Waals surface area contributed by atoms with Crippen molar-refractivity contribution in [2.24, 2.45) is 12.1 Å². The lowest BCUT2D eigenvalue weighted by molar-refractivity contribution is -0.387. The maximum atomic E-state index is 13.2. The largest absolute Gasteiger partial charge is 0.495 e. The molecule has 0 atom stereocenters. The third-order valence-electron chi connectivity index (χ3n) is 5.27. The Morgan fingerprint density at radius 3 is 2.50 bits per heavy atom. The van der Waals surface area contributed by atoms with Crippen molar-refractivity contribution in [3.63, 3.8) is 0 Å². The number of hydrazone groups is 1. The number of nitro benzene ring substituents is 2. The average Bonchev–Trinajstić information content (AvgIpc) is 3.33. The van der Waals surface area contributed by atoms with Gasteiger partial charge in [-0.25, -0.2) is 8.42 Å². The molecule has 15 nitrogen and oxygen atoms in total. The molecule has 40 heavy (non-hydrogen) atoms. The first kappa shape index (κ1) is 28.0. The van der Waals surface area contributed by atoms with Gasteiger partial charge in [-0.2, -0.15) is 5.10 Å². The minimum absolute atomic E-state index is 0.0757. The van der Waals surface area contributed by atoms with Crippen LogP contribution in [0.1, 0.15) is 5.56 Å². The first-order valence-electron chi connectivity index (χ1n) is 11.1. The molecule has 0 aliphatic heterocycles. The molecule has 0 saturated carbocycles. The third-order valence-corrected chi connectivity index (χ3v) is 7.79. The van der Waals surface area contributed by atoms with Crippen LogP contribution in [0, 0.1) is 20.2 Å². The molecule has 0 aliphatic carbocycles. The monoisotopic (exact) mass is 584 g/mol. The van der Waals surface area contributed by atoms with Crippen molar-refractivity contribution in [1.82, 2.24) is 14.8 Å². The zero-order chi connectivity index (χ0) is 28.9. The lowest BCUT2D eigenvalue weighted by Crippen LogP contribution is -2.15. The molecule has 0 unspecified atom stereocenters. The number of aromatic nitrogens is 3. The lowest BCUT2D eigenvalue weighted by Gasteiger charge is -2.14. The van der Waals surface area contributed by atoms with Gasteiger partial charge in [-0.05, 0) is 36.0 Å². The maximum absolute atomic E-state index is 13.2. The quantitative estimate of drug-likeness (QED) is 0.147. The van der Waals surface area contributed by atoms with E-state index in [1.165, 1.54) is 43.9 Å². The highest BCUT2D eigenvalue weighted by Crippen LogP contribution is 2.34. The predicted molar refractivity (Wildman–Crippen MR) is 146 cm³/mol. The highest BCUT2D eigenvalue weighted by molar-refractivity contribution is 7.99. The van der Waals surface area contributed by atoms with Gasteiger partial charge >= 0.3 is 0 Å². The summed E-state index contributed by atoms with van der Waals surface area (Å²) < 4.78 is 35.6. The Labute approximate surface area is 231 Å². The second-order valence-electron chi connectivity index (χ2n) is 7.92. The van der Waals surface area contributed by atoms with E-state index in [0.717, 1.165) is 23.9 Å². The summed E-state index contributed by atoms with van der Waals surface area (Å²) in [5.41, 5.74) is 2.28. The second-order valence-corrected chi connectivity index (χ2v) is 10.6. The Morgan fingerprint density at radius 1 is 1.05 bits per heavy atom. The molecule has 4 aromatic rings. The number of hydrogen-bond donors (Lipinski definition) is 2. The molecular formula is C23H20N8O7S2. The molecule has 0 bridgehead atoms. The van der Waals surface area contributed by atoms with Gasteiger partial charge in [0.15, 0.2) is 5.16 Å². The number of nitro groups is 2. The fourth-order valence-electron chi connectivity index (χ4n) is 3.35. The molecule has 0 spiro atoms. The highest BCUT2D eigenvalue weighted by Gasteiger charge is 2.24. The Morgan fingerprint density at radius 2 is 1.82 bits per heavy atom. The molecule has 0 amide bonds. The molecule has 206 valence electrons. The van der Waals surface area contributed by atoms with Crippen LogP contribution in [-0.4, -0.2) is 46.4 Å². The summed E-state index contributed by atoms with van der Waals surface area (Å²) in [5.74, 6) is 0.242. The normalized spacial score (nSPS) is 11.3. The summed E-state index contributed by atoms with van der Waals surface area (Å²) in [6.45, 7) is 0. The maximum Gasteiger partial charge on any atom is 0.283 e. The number of methoxy groups -OCH3 is 1. The molecule has 1 aromatic heterocycles. The van der Waals surface area contributed by atoms with Crippen LogP contribution in [0.15, 0.2) is 87.0 Å². The SMILES string of the molecule is COc1ccccc1NS(=O)(=O)c1cc([N+](=O)[O-])ccc1N/N=C/c1ccc(Sc2nncn2C)c([N+](=O)[O-])c1. The van der Waals surface area contributed by atoms with E-state index >= 15 is 0 Å².